The zero-order chi connectivity index (χ0) is 16.4. The Morgan fingerprint density at radius 2 is 2.17 bits per heavy atom. The van der Waals surface area contributed by atoms with E-state index in [-0.39, 0.29) is 11.9 Å². The quantitative estimate of drug-likeness (QED) is 0.816. The summed E-state index contributed by atoms with van der Waals surface area (Å²) in [4.78, 5) is 22.6. The summed E-state index contributed by atoms with van der Waals surface area (Å²) in [5, 5.41) is 0. The molecule has 1 fully saturated rings. The molecule has 0 bridgehead atoms. The van der Waals surface area contributed by atoms with Crippen LogP contribution in [-0.2, 0) is 11.3 Å². The molecule has 3 rings (SSSR count). The Labute approximate surface area is 141 Å². The van der Waals surface area contributed by atoms with E-state index in [1.807, 2.05) is 47.7 Å². The van der Waals surface area contributed by atoms with Crippen molar-refractivity contribution in [1.82, 2.24) is 14.8 Å². The van der Waals surface area contributed by atoms with Gasteiger partial charge in [0, 0.05) is 17.1 Å². The van der Waals surface area contributed by atoms with Crippen LogP contribution in [0.25, 0.3) is 0 Å². The lowest BCUT2D eigenvalue weighted by Gasteiger charge is -2.31. The molecule has 0 N–H and O–H groups in total. The minimum Gasteiger partial charge on any atom is -0.333 e. The highest BCUT2D eigenvalue weighted by Gasteiger charge is 2.37. The van der Waals surface area contributed by atoms with E-state index in [0.717, 1.165) is 23.3 Å². The molecule has 1 aromatic carbocycles. The molecule has 1 heterocycles. The lowest BCUT2D eigenvalue weighted by atomic mass is 10.0. The summed E-state index contributed by atoms with van der Waals surface area (Å²) in [5.74, 6) is 0.191. The maximum atomic E-state index is 13.3. The van der Waals surface area contributed by atoms with Gasteiger partial charge in [-0.15, -0.1) is 11.3 Å². The number of carbonyl (C=O) groups is 1. The zero-order valence-electron chi connectivity index (χ0n) is 13.9. The smallest absolute Gasteiger partial charge is 0.245 e. The second-order valence-corrected chi connectivity index (χ2v) is 7.42. The second kappa shape index (κ2) is 6.81. The predicted molar refractivity (Wildman–Crippen MR) is 93.3 cm³/mol. The van der Waals surface area contributed by atoms with Gasteiger partial charge in [0.2, 0.25) is 5.91 Å². The van der Waals surface area contributed by atoms with Crippen LogP contribution in [0.5, 0.6) is 0 Å². The molecule has 23 heavy (non-hydrogen) atoms. The first-order valence-corrected chi connectivity index (χ1v) is 8.85. The summed E-state index contributed by atoms with van der Waals surface area (Å²) >= 11 is 1.61. The van der Waals surface area contributed by atoms with E-state index in [4.69, 9.17) is 0 Å². The molecule has 5 heteroatoms. The van der Waals surface area contributed by atoms with Gasteiger partial charge in [-0.2, -0.15) is 0 Å². The first-order chi connectivity index (χ1) is 11.1. The number of carbonyl (C=O) groups excluding carboxylic acids is 1. The zero-order valence-corrected chi connectivity index (χ0v) is 14.7. The molecule has 0 spiro atoms. The number of likely N-dealkylation sites (N-methyl/N-ethyl adjacent to an activating group) is 1. The molecular formula is C18H23N3OS. The van der Waals surface area contributed by atoms with Crippen LogP contribution < -0.4 is 0 Å². The third-order valence-corrected chi connectivity index (χ3v) is 4.95. The van der Waals surface area contributed by atoms with E-state index in [1.165, 1.54) is 5.56 Å². The van der Waals surface area contributed by atoms with Crippen molar-refractivity contribution >= 4 is 17.2 Å². The van der Waals surface area contributed by atoms with Crippen molar-refractivity contribution in [3.63, 3.8) is 0 Å². The van der Waals surface area contributed by atoms with Crippen LogP contribution in [0.4, 0.5) is 0 Å². The second-order valence-electron chi connectivity index (χ2n) is 6.45. The monoisotopic (exact) mass is 329 g/mol. The van der Waals surface area contributed by atoms with Gasteiger partial charge >= 0.3 is 0 Å². The van der Waals surface area contributed by atoms with Crippen LogP contribution in [0, 0.1) is 6.92 Å². The van der Waals surface area contributed by atoms with Crippen molar-refractivity contribution in [3.05, 3.63) is 52.0 Å². The van der Waals surface area contributed by atoms with Crippen LogP contribution in [0.15, 0.2) is 36.0 Å². The van der Waals surface area contributed by atoms with Gasteiger partial charge in [0.25, 0.3) is 0 Å². The van der Waals surface area contributed by atoms with E-state index in [2.05, 4.69) is 24.0 Å². The number of hydrogen-bond acceptors (Lipinski definition) is 4. The Balaban J connectivity index is 1.86. The van der Waals surface area contributed by atoms with E-state index in [9.17, 15) is 4.79 Å². The number of amides is 1. The molecular weight excluding hydrogens is 306 g/mol. The number of benzene rings is 1. The molecule has 1 saturated carbocycles. The SMILES string of the molecule is Cc1cccc([C@@H](C(=O)N(Cc2cncs2)C2CC2)N(C)C)c1. The lowest BCUT2D eigenvalue weighted by Crippen LogP contribution is -2.41. The van der Waals surface area contributed by atoms with E-state index in [0.29, 0.717) is 12.6 Å². The third-order valence-electron chi connectivity index (χ3n) is 4.19. The lowest BCUT2D eigenvalue weighted by molar-refractivity contribution is -0.137. The highest BCUT2D eigenvalue weighted by Crippen LogP contribution is 2.33. The number of aryl methyl sites for hydroxylation is 1. The summed E-state index contributed by atoms with van der Waals surface area (Å²) in [6, 6.07) is 8.41. The molecule has 1 aromatic heterocycles. The minimum absolute atomic E-state index is 0.191. The third kappa shape index (κ3) is 3.79. The average Bonchev–Trinajstić information content (AvgIpc) is 3.21. The van der Waals surface area contributed by atoms with Crippen LogP contribution in [-0.4, -0.2) is 40.8 Å². The fraction of sp³-hybridized carbons (Fsp3) is 0.444. The fourth-order valence-electron chi connectivity index (χ4n) is 2.92. The van der Waals surface area contributed by atoms with Gasteiger partial charge in [0.15, 0.2) is 0 Å². The first-order valence-electron chi connectivity index (χ1n) is 7.97. The van der Waals surface area contributed by atoms with Gasteiger partial charge in [0.1, 0.15) is 6.04 Å². The average molecular weight is 329 g/mol. The van der Waals surface area contributed by atoms with Gasteiger partial charge in [-0.05, 0) is 39.4 Å². The van der Waals surface area contributed by atoms with Crippen molar-refractivity contribution in [2.24, 2.45) is 0 Å². The van der Waals surface area contributed by atoms with Gasteiger partial charge in [0.05, 0.1) is 12.1 Å². The standard InChI is InChI=1S/C18H23N3OS/c1-13-5-4-6-14(9-13)17(20(2)3)18(22)21(15-7-8-15)11-16-10-19-12-23-16/h4-6,9-10,12,15,17H,7-8,11H2,1-3H3/t17-/m0/s1. The molecule has 1 atom stereocenters. The Morgan fingerprint density at radius 3 is 2.74 bits per heavy atom. The predicted octanol–water partition coefficient (Wildman–Crippen LogP) is 3.25. The maximum Gasteiger partial charge on any atom is 0.245 e. The molecule has 0 radical (unpaired) electrons. The molecule has 122 valence electrons. The van der Waals surface area contributed by atoms with Crippen molar-refractivity contribution in [2.75, 3.05) is 14.1 Å². The maximum absolute atomic E-state index is 13.3. The number of nitrogens with zero attached hydrogens (tertiary/aromatic N) is 3. The molecule has 1 amide bonds. The Hall–Kier alpha value is -1.72. The Kier molecular flexibility index (Phi) is 4.78. The largest absolute Gasteiger partial charge is 0.333 e. The molecule has 2 aromatic rings. The van der Waals surface area contributed by atoms with Crippen molar-refractivity contribution in [1.29, 1.82) is 0 Å². The molecule has 1 aliphatic carbocycles. The van der Waals surface area contributed by atoms with Gasteiger partial charge in [-0.1, -0.05) is 29.8 Å². The molecule has 0 unspecified atom stereocenters. The number of hydrogen-bond donors (Lipinski definition) is 0. The van der Waals surface area contributed by atoms with E-state index >= 15 is 0 Å². The first kappa shape index (κ1) is 16.1. The summed E-state index contributed by atoms with van der Waals surface area (Å²) in [6.45, 7) is 2.74. The number of rotatable bonds is 6. The Bertz CT molecular complexity index is 665. The van der Waals surface area contributed by atoms with E-state index < -0.39 is 0 Å². The van der Waals surface area contributed by atoms with Crippen LogP contribution in [0.2, 0.25) is 0 Å². The summed E-state index contributed by atoms with van der Waals surface area (Å²) < 4.78 is 0. The van der Waals surface area contributed by atoms with Crippen LogP contribution in [0.1, 0.15) is 34.9 Å². The fourth-order valence-corrected chi connectivity index (χ4v) is 3.51. The van der Waals surface area contributed by atoms with Gasteiger partial charge < -0.3 is 4.90 Å². The topological polar surface area (TPSA) is 36.4 Å². The number of thiazole rings is 1. The summed E-state index contributed by atoms with van der Waals surface area (Å²) in [5.41, 5.74) is 4.08. The Morgan fingerprint density at radius 1 is 1.39 bits per heavy atom. The van der Waals surface area contributed by atoms with Crippen LogP contribution in [0.3, 0.4) is 0 Å². The molecule has 4 nitrogen and oxygen atoms in total. The highest BCUT2D eigenvalue weighted by atomic mass is 32.1. The summed E-state index contributed by atoms with van der Waals surface area (Å²) in [6.07, 6.45) is 4.08. The van der Waals surface area contributed by atoms with Crippen molar-refractivity contribution in [2.45, 2.75) is 38.4 Å². The number of aromatic nitrogens is 1. The normalized spacial score (nSPS) is 15.7. The van der Waals surface area contributed by atoms with Gasteiger partial charge in [-0.3, -0.25) is 14.7 Å². The molecule has 0 saturated heterocycles. The van der Waals surface area contributed by atoms with Crippen molar-refractivity contribution < 1.29 is 4.79 Å². The summed E-state index contributed by atoms with van der Waals surface area (Å²) in [7, 11) is 3.95. The molecule has 0 aliphatic heterocycles. The highest BCUT2D eigenvalue weighted by molar-refractivity contribution is 7.09. The minimum atomic E-state index is -0.233. The molecule has 1 aliphatic rings. The van der Waals surface area contributed by atoms with E-state index in [1.54, 1.807) is 11.3 Å². The van der Waals surface area contributed by atoms with Gasteiger partial charge in [-0.25, -0.2) is 0 Å². The van der Waals surface area contributed by atoms with Crippen molar-refractivity contribution in [3.8, 4) is 0 Å². The van der Waals surface area contributed by atoms with Crippen LogP contribution >= 0.6 is 11.3 Å².